The molecule has 0 fully saturated rings. The van der Waals surface area contributed by atoms with E-state index in [-0.39, 0.29) is 11.3 Å². The van der Waals surface area contributed by atoms with Crippen molar-refractivity contribution >= 4 is 5.97 Å². The Morgan fingerprint density at radius 2 is 2.29 bits per heavy atom. The maximum atomic E-state index is 11.0. The molecule has 0 aliphatic rings. The molecule has 1 N–H and O–H groups in total. The largest absolute Gasteiger partial charge is 0.497 e. The highest BCUT2D eigenvalue weighted by atomic mass is 16.5. The lowest BCUT2D eigenvalue weighted by atomic mass is 10.2. The number of rotatable bonds is 6. The minimum atomic E-state index is -1.07. The summed E-state index contributed by atoms with van der Waals surface area (Å²) >= 11 is 0. The van der Waals surface area contributed by atoms with Crippen molar-refractivity contribution in [3.05, 3.63) is 23.8 Å². The number of hydrogen-bond donors (Lipinski definition) is 1. The second-order valence-corrected chi connectivity index (χ2v) is 3.28. The van der Waals surface area contributed by atoms with Crippen LogP contribution < -0.4 is 9.47 Å². The molecule has 0 saturated heterocycles. The third-order valence-electron chi connectivity index (χ3n) is 2.11. The molecular weight excluding hydrogens is 222 g/mol. The Labute approximate surface area is 99.2 Å². The Morgan fingerprint density at radius 3 is 2.88 bits per heavy atom. The number of methoxy groups -OCH3 is 1. The summed E-state index contributed by atoms with van der Waals surface area (Å²) in [6.45, 7) is 0.320. The lowest BCUT2D eigenvalue weighted by Crippen LogP contribution is -2.04. The third-order valence-corrected chi connectivity index (χ3v) is 2.11. The molecule has 0 amide bonds. The molecule has 0 aliphatic heterocycles. The van der Waals surface area contributed by atoms with Crippen LogP contribution in [0.1, 0.15) is 23.2 Å². The Kier molecular flexibility index (Phi) is 4.82. The van der Waals surface area contributed by atoms with Crippen LogP contribution in [0.4, 0.5) is 0 Å². The highest BCUT2D eigenvalue weighted by molar-refractivity contribution is 5.91. The van der Waals surface area contributed by atoms with Crippen molar-refractivity contribution in [1.82, 2.24) is 0 Å². The van der Waals surface area contributed by atoms with Gasteiger partial charge in [0.25, 0.3) is 0 Å². The van der Waals surface area contributed by atoms with Gasteiger partial charge in [0.05, 0.1) is 19.8 Å². The molecular formula is C12H13NO4. The lowest BCUT2D eigenvalue weighted by molar-refractivity contribution is 0.0691. The standard InChI is InChI=1S/C12H13NO4/c1-16-9-4-5-11(10(8-9)12(14)15)17-7-3-2-6-13/h4-5,8H,2-3,7H2,1H3,(H,14,15). The van der Waals surface area contributed by atoms with Crippen LogP contribution in [0.15, 0.2) is 18.2 Å². The van der Waals surface area contributed by atoms with Gasteiger partial charge < -0.3 is 14.6 Å². The second kappa shape index (κ2) is 6.38. The van der Waals surface area contributed by atoms with Crippen LogP contribution in [0.3, 0.4) is 0 Å². The minimum absolute atomic E-state index is 0.0568. The highest BCUT2D eigenvalue weighted by Crippen LogP contribution is 2.24. The van der Waals surface area contributed by atoms with Crippen molar-refractivity contribution in [1.29, 1.82) is 5.26 Å². The first kappa shape index (κ1) is 12.8. The Balaban J connectivity index is 2.77. The Bertz CT molecular complexity index is 437. The number of nitrogens with zero attached hydrogens (tertiary/aromatic N) is 1. The van der Waals surface area contributed by atoms with Crippen LogP contribution in [0, 0.1) is 11.3 Å². The summed E-state index contributed by atoms with van der Waals surface area (Å²) in [6, 6.07) is 6.58. The quantitative estimate of drug-likeness (QED) is 0.763. The minimum Gasteiger partial charge on any atom is -0.497 e. The number of carboxylic acid groups (broad SMARTS) is 1. The van der Waals surface area contributed by atoms with Crippen molar-refractivity contribution in [2.24, 2.45) is 0 Å². The summed E-state index contributed by atoms with van der Waals surface area (Å²) in [6.07, 6.45) is 0.958. The molecule has 0 bridgehead atoms. The zero-order valence-corrected chi connectivity index (χ0v) is 9.47. The number of aromatic carboxylic acids is 1. The summed E-state index contributed by atoms with van der Waals surface area (Å²) in [5, 5.41) is 17.4. The predicted molar refractivity (Wildman–Crippen MR) is 60.3 cm³/mol. The van der Waals surface area contributed by atoms with Crippen LogP contribution in [0.5, 0.6) is 11.5 Å². The van der Waals surface area contributed by atoms with Crippen molar-refractivity contribution in [3.63, 3.8) is 0 Å². The van der Waals surface area contributed by atoms with Gasteiger partial charge in [-0.2, -0.15) is 5.26 Å². The molecule has 1 rings (SSSR count). The molecule has 0 atom stereocenters. The zero-order valence-electron chi connectivity index (χ0n) is 9.47. The lowest BCUT2D eigenvalue weighted by Gasteiger charge is -2.09. The Hall–Kier alpha value is -2.22. The van der Waals surface area contributed by atoms with E-state index in [2.05, 4.69) is 0 Å². The van der Waals surface area contributed by atoms with E-state index in [4.69, 9.17) is 19.8 Å². The van der Waals surface area contributed by atoms with Gasteiger partial charge in [-0.05, 0) is 24.6 Å². The van der Waals surface area contributed by atoms with Gasteiger partial charge in [-0.3, -0.25) is 0 Å². The van der Waals surface area contributed by atoms with Gasteiger partial charge in [0.15, 0.2) is 0 Å². The number of carbonyl (C=O) groups is 1. The summed E-state index contributed by atoms with van der Waals surface area (Å²) in [7, 11) is 1.47. The van der Waals surface area contributed by atoms with Crippen molar-refractivity contribution < 1.29 is 19.4 Å². The van der Waals surface area contributed by atoms with Gasteiger partial charge in [-0.15, -0.1) is 0 Å². The predicted octanol–water partition coefficient (Wildman–Crippen LogP) is 2.08. The smallest absolute Gasteiger partial charge is 0.339 e. The summed E-state index contributed by atoms with van der Waals surface area (Å²) in [4.78, 5) is 11.0. The van der Waals surface area contributed by atoms with Gasteiger partial charge in [0.2, 0.25) is 0 Å². The third kappa shape index (κ3) is 3.68. The van der Waals surface area contributed by atoms with Gasteiger partial charge in [-0.1, -0.05) is 0 Å². The molecule has 5 heteroatoms. The second-order valence-electron chi connectivity index (χ2n) is 3.28. The normalized spacial score (nSPS) is 9.41. The highest BCUT2D eigenvalue weighted by Gasteiger charge is 2.12. The van der Waals surface area contributed by atoms with E-state index in [1.165, 1.54) is 13.2 Å². The van der Waals surface area contributed by atoms with E-state index in [0.717, 1.165) is 0 Å². The number of hydrogen-bond acceptors (Lipinski definition) is 4. The molecule has 0 spiro atoms. The van der Waals surface area contributed by atoms with Crippen molar-refractivity contribution in [3.8, 4) is 17.6 Å². The molecule has 0 heterocycles. The van der Waals surface area contributed by atoms with Gasteiger partial charge in [0, 0.05) is 6.42 Å². The number of carboxylic acids is 1. The van der Waals surface area contributed by atoms with E-state index in [0.29, 0.717) is 25.2 Å². The molecule has 0 radical (unpaired) electrons. The first-order chi connectivity index (χ1) is 8.19. The van der Waals surface area contributed by atoms with Crippen LogP contribution in [-0.2, 0) is 0 Å². The fourth-order valence-electron chi connectivity index (χ4n) is 1.26. The fourth-order valence-corrected chi connectivity index (χ4v) is 1.26. The molecule has 1 aromatic carbocycles. The van der Waals surface area contributed by atoms with Gasteiger partial charge >= 0.3 is 5.97 Å². The average molecular weight is 235 g/mol. The molecule has 0 saturated carbocycles. The number of unbranched alkanes of at least 4 members (excludes halogenated alkanes) is 1. The van der Waals surface area contributed by atoms with Crippen LogP contribution in [0.2, 0.25) is 0 Å². The van der Waals surface area contributed by atoms with Crippen molar-refractivity contribution in [2.45, 2.75) is 12.8 Å². The molecule has 90 valence electrons. The van der Waals surface area contributed by atoms with E-state index in [1.54, 1.807) is 12.1 Å². The monoisotopic (exact) mass is 235 g/mol. The van der Waals surface area contributed by atoms with E-state index >= 15 is 0 Å². The van der Waals surface area contributed by atoms with Crippen LogP contribution >= 0.6 is 0 Å². The summed E-state index contributed by atoms with van der Waals surface area (Å²) in [5.41, 5.74) is 0.0568. The number of benzene rings is 1. The average Bonchev–Trinajstić information content (AvgIpc) is 2.34. The number of nitriles is 1. The Morgan fingerprint density at radius 1 is 1.53 bits per heavy atom. The summed E-state index contributed by atoms with van der Waals surface area (Å²) < 4.78 is 10.3. The zero-order chi connectivity index (χ0) is 12.7. The van der Waals surface area contributed by atoms with Crippen LogP contribution in [-0.4, -0.2) is 24.8 Å². The fraction of sp³-hybridized carbons (Fsp3) is 0.333. The van der Waals surface area contributed by atoms with Crippen molar-refractivity contribution in [2.75, 3.05) is 13.7 Å². The first-order valence-electron chi connectivity index (χ1n) is 5.10. The first-order valence-corrected chi connectivity index (χ1v) is 5.10. The van der Waals surface area contributed by atoms with E-state index in [9.17, 15) is 4.79 Å². The summed E-state index contributed by atoms with van der Waals surface area (Å²) in [5.74, 6) is -0.317. The molecule has 17 heavy (non-hydrogen) atoms. The van der Waals surface area contributed by atoms with Gasteiger partial charge in [-0.25, -0.2) is 4.79 Å². The van der Waals surface area contributed by atoms with E-state index in [1.807, 2.05) is 6.07 Å². The molecule has 1 aromatic rings. The number of ether oxygens (including phenoxy) is 2. The molecule has 0 aromatic heterocycles. The maximum absolute atomic E-state index is 11.0. The molecule has 5 nitrogen and oxygen atoms in total. The topological polar surface area (TPSA) is 79.5 Å². The SMILES string of the molecule is COc1ccc(OCCCC#N)c(C(=O)O)c1. The maximum Gasteiger partial charge on any atom is 0.339 e. The van der Waals surface area contributed by atoms with Crippen LogP contribution in [0.25, 0.3) is 0 Å². The molecule has 0 aliphatic carbocycles. The van der Waals surface area contributed by atoms with E-state index < -0.39 is 5.97 Å². The molecule has 0 unspecified atom stereocenters. The van der Waals surface area contributed by atoms with Gasteiger partial charge in [0.1, 0.15) is 17.1 Å².